The maximum absolute atomic E-state index is 11.9. The predicted molar refractivity (Wildman–Crippen MR) is 63.1 cm³/mol. The number of hydrogen-bond donors (Lipinski definition) is 0. The number of Topliss-reactive ketones (excluding diaryl/α,β-unsaturated/α-hetero) is 1. The number of fused-ring (bicyclic) bond motifs is 1. The molecule has 0 amide bonds. The second-order valence-electron chi connectivity index (χ2n) is 4.35. The maximum Gasteiger partial charge on any atom is 0.325 e. The molecule has 4 nitrogen and oxygen atoms in total. The Bertz CT molecular complexity index is 459. The third-order valence-electron chi connectivity index (χ3n) is 3.10. The molecular formula is C13H17NO3. The van der Waals surface area contributed by atoms with Gasteiger partial charge in [0.2, 0.25) is 0 Å². The molecule has 0 unspecified atom stereocenters. The van der Waals surface area contributed by atoms with Gasteiger partial charge in [-0.3, -0.25) is 9.59 Å². The van der Waals surface area contributed by atoms with Gasteiger partial charge >= 0.3 is 5.97 Å². The van der Waals surface area contributed by atoms with E-state index in [9.17, 15) is 9.59 Å². The number of ether oxygens (including phenoxy) is 1. The first kappa shape index (κ1) is 11.9. The molecule has 1 aromatic rings. The van der Waals surface area contributed by atoms with Crippen molar-refractivity contribution in [2.24, 2.45) is 0 Å². The molecule has 0 spiro atoms. The third-order valence-corrected chi connectivity index (χ3v) is 3.10. The molecule has 92 valence electrons. The Kier molecular flexibility index (Phi) is 3.31. The number of carbonyl (C=O) groups is 2. The SMILES string of the molecule is CCOC(=O)Cn1cc(C)c2c1C(=O)CCC2. The standard InChI is InChI=1S/C13H17NO3/c1-3-17-12(16)8-14-7-9(2)10-5-4-6-11(15)13(10)14/h7H,3-6,8H2,1-2H3. The Morgan fingerprint density at radius 3 is 2.94 bits per heavy atom. The van der Waals surface area contributed by atoms with Crippen molar-refractivity contribution in [2.75, 3.05) is 6.61 Å². The van der Waals surface area contributed by atoms with Crippen LogP contribution in [0.3, 0.4) is 0 Å². The summed E-state index contributed by atoms with van der Waals surface area (Å²) in [5.41, 5.74) is 2.91. The van der Waals surface area contributed by atoms with Crippen LogP contribution in [0, 0.1) is 6.92 Å². The highest BCUT2D eigenvalue weighted by Crippen LogP contribution is 2.26. The van der Waals surface area contributed by atoms with Crippen molar-refractivity contribution in [2.45, 2.75) is 39.7 Å². The molecule has 0 radical (unpaired) electrons. The quantitative estimate of drug-likeness (QED) is 0.751. The zero-order valence-electron chi connectivity index (χ0n) is 10.3. The van der Waals surface area contributed by atoms with E-state index in [0.29, 0.717) is 18.7 Å². The molecule has 2 rings (SSSR count). The molecule has 0 aliphatic heterocycles. The molecule has 0 aromatic carbocycles. The lowest BCUT2D eigenvalue weighted by atomic mass is 9.94. The van der Waals surface area contributed by atoms with Gasteiger partial charge in [-0.1, -0.05) is 0 Å². The number of carbonyl (C=O) groups excluding carboxylic acids is 2. The molecule has 0 saturated heterocycles. The van der Waals surface area contributed by atoms with Crippen LogP contribution < -0.4 is 0 Å². The first-order valence-electron chi connectivity index (χ1n) is 6.01. The van der Waals surface area contributed by atoms with Gasteiger partial charge in [0.1, 0.15) is 6.54 Å². The van der Waals surface area contributed by atoms with Gasteiger partial charge < -0.3 is 9.30 Å². The maximum atomic E-state index is 11.9. The average molecular weight is 235 g/mol. The van der Waals surface area contributed by atoms with Crippen LogP contribution in [0.1, 0.15) is 41.4 Å². The first-order valence-corrected chi connectivity index (χ1v) is 6.01. The lowest BCUT2D eigenvalue weighted by molar-refractivity contribution is -0.143. The van der Waals surface area contributed by atoms with Gasteiger partial charge in [0.15, 0.2) is 5.78 Å². The fourth-order valence-electron chi connectivity index (χ4n) is 2.39. The number of rotatable bonds is 3. The second-order valence-corrected chi connectivity index (χ2v) is 4.35. The molecule has 1 aliphatic carbocycles. The number of ketones is 1. The summed E-state index contributed by atoms with van der Waals surface area (Å²) < 4.78 is 6.65. The highest BCUT2D eigenvalue weighted by molar-refractivity contribution is 5.97. The highest BCUT2D eigenvalue weighted by Gasteiger charge is 2.24. The second kappa shape index (κ2) is 4.73. The van der Waals surface area contributed by atoms with E-state index in [1.165, 1.54) is 0 Å². The van der Waals surface area contributed by atoms with E-state index in [1.807, 2.05) is 13.1 Å². The Balaban J connectivity index is 2.29. The van der Waals surface area contributed by atoms with Crippen molar-refractivity contribution in [1.82, 2.24) is 4.57 Å². The van der Waals surface area contributed by atoms with Crippen LogP contribution in [0.5, 0.6) is 0 Å². The third kappa shape index (κ3) is 2.25. The monoisotopic (exact) mass is 235 g/mol. The van der Waals surface area contributed by atoms with Gasteiger partial charge in [0, 0.05) is 12.6 Å². The Labute approximate surface area is 101 Å². The number of hydrogen-bond acceptors (Lipinski definition) is 3. The normalized spacial score (nSPS) is 14.6. The summed E-state index contributed by atoms with van der Waals surface area (Å²) in [6.45, 7) is 4.27. The predicted octanol–water partition coefficient (Wildman–Crippen LogP) is 1.88. The molecule has 0 fully saturated rings. The van der Waals surface area contributed by atoms with Crippen molar-refractivity contribution in [1.29, 1.82) is 0 Å². The summed E-state index contributed by atoms with van der Waals surface area (Å²) >= 11 is 0. The van der Waals surface area contributed by atoms with Crippen molar-refractivity contribution in [3.8, 4) is 0 Å². The number of aryl methyl sites for hydroxylation is 1. The van der Waals surface area contributed by atoms with Crippen LogP contribution in [0.15, 0.2) is 6.20 Å². The number of esters is 1. The minimum absolute atomic E-state index is 0.135. The smallest absolute Gasteiger partial charge is 0.325 e. The van der Waals surface area contributed by atoms with Crippen molar-refractivity contribution in [3.05, 3.63) is 23.0 Å². The lowest BCUT2D eigenvalue weighted by Gasteiger charge is -2.14. The fraction of sp³-hybridized carbons (Fsp3) is 0.538. The van der Waals surface area contributed by atoms with Gasteiger partial charge in [0.25, 0.3) is 0 Å². The number of aromatic nitrogens is 1. The molecular weight excluding hydrogens is 218 g/mol. The molecule has 17 heavy (non-hydrogen) atoms. The van der Waals surface area contributed by atoms with E-state index < -0.39 is 0 Å². The Hall–Kier alpha value is -1.58. The van der Waals surface area contributed by atoms with Crippen LogP contribution in [0.25, 0.3) is 0 Å². The molecule has 0 saturated carbocycles. The van der Waals surface area contributed by atoms with Gasteiger partial charge in [-0.15, -0.1) is 0 Å². The molecule has 0 N–H and O–H groups in total. The Morgan fingerprint density at radius 2 is 2.24 bits per heavy atom. The topological polar surface area (TPSA) is 48.3 Å². The van der Waals surface area contributed by atoms with E-state index in [1.54, 1.807) is 11.5 Å². The molecule has 0 bridgehead atoms. The van der Waals surface area contributed by atoms with Crippen LogP contribution in [-0.2, 0) is 22.5 Å². The van der Waals surface area contributed by atoms with E-state index in [0.717, 1.165) is 24.0 Å². The van der Waals surface area contributed by atoms with Crippen molar-refractivity contribution >= 4 is 11.8 Å². The van der Waals surface area contributed by atoms with Gasteiger partial charge in [0.05, 0.1) is 12.3 Å². The molecule has 1 aromatic heterocycles. The van der Waals surface area contributed by atoms with Crippen LogP contribution in [-0.4, -0.2) is 22.9 Å². The molecule has 0 atom stereocenters. The van der Waals surface area contributed by atoms with Crippen LogP contribution in [0.4, 0.5) is 0 Å². The van der Waals surface area contributed by atoms with Gasteiger partial charge in [-0.05, 0) is 37.8 Å². The zero-order valence-corrected chi connectivity index (χ0v) is 10.3. The molecule has 1 heterocycles. The van der Waals surface area contributed by atoms with Gasteiger partial charge in [-0.25, -0.2) is 0 Å². The summed E-state index contributed by atoms with van der Waals surface area (Å²) in [6, 6.07) is 0. The molecule has 1 aliphatic rings. The van der Waals surface area contributed by atoms with Crippen LogP contribution >= 0.6 is 0 Å². The van der Waals surface area contributed by atoms with E-state index in [-0.39, 0.29) is 18.3 Å². The minimum Gasteiger partial charge on any atom is -0.465 e. The lowest BCUT2D eigenvalue weighted by Crippen LogP contribution is -2.19. The minimum atomic E-state index is -0.288. The van der Waals surface area contributed by atoms with Crippen molar-refractivity contribution in [3.63, 3.8) is 0 Å². The average Bonchev–Trinajstić information content (AvgIpc) is 2.57. The van der Waals surface area contributed by atoms with E-state index in [4.69, 9.17) is 4.74 Å². The summed E-state index contributed by atoms with van der Waals surface area (Å²) in [5, 5.41) is 0. The largest absolute Gasteiger partial charge is 0.465 e. The van der Waals surface area contributed by atoms with Crippen LogP contribution in [0.2, 0.25) is 0 Å². The van der Waals surface area contributed by atoms with E-state index >= 15 is 0 Å². The Morgan fingerprint density at radius 1 is 1.47 bits per heavy atom. The summed E-state index contributed by atoms with van der Waals surface area (Å²) in [6.07, 6.45) is 4.31. The van der Waals surface area contributed by atoms with Crippen molar-refractivity contribution < 1.29 is 14.3 Å². The summed E-state index contributed by atoms with van der Waals surface area (Å²) in [5.74, 6) is -0.146. The van der Waals surface area contributed by atoms with Gasteiger partial charge in [-0.2, -0.15) is 0 Å². The molecule has 4 heteroatoms. The fourth-order valence-corrected chi connectivity index (χ4v) is 2.39. The zero-order chi connectivity index (χ0) is 12.4. The first-order chi connectivity index (χ1) is 8.13. The van der Waals surface area contributed by atoms with E-state index in [2.05, 4.69) is 0 Å². The number of nitrogens with zero attached hydrogens (tertiary/aromatic N) is 1. The summed E-state index contributed by atoms with van der Waals surface area (Å²) in [7, 11) is 0. The highest BCUT2D eigenvalue weighted by atomic mass is 16.5. The summed E-state index contributed by atoms with van der Waals surface area (Å²) in [4.78, 5) is 23.3.